The first-order valence-corrected chi connectivity index (χ1v) is 4.71. The molecule has 0 aliphatic heterocycles. The van der Waals surface area contributed by atoms with Crippen LogP contribution in [0.1, 0.15) is 17.3 Å². The first-order chi connectivity index (χ1) is 7.08. The quantitative estimate of drug-likeness (QED) is 0.755. The maximum Gasteiger partial charge on any atom is 0.155 e. The van der Waals surface area contributed by atoms with Crippen LogP contribution in [-0.4, -0.2) is 19.7 Å². The Morgan fingerprint density at radius 1 is 1.13 bits per heavy atom. The summed E-state index contributed by atoms with van der Waals surface area (Å²) in [6, 6.07) is 3.66. The number of aromatic nitrogens is 4. The van der Waals surface area contributed by atoms with Crippen molar-refractivity contribution in [1.29, 1.82) is 0 Å². The fourth-order valence-corrected chi connectivity index (χ4v) is 1.41. The van der Waals surface area contributed by atoms with Crippen LogP contribution in [0.15, 0.2) is 12.1 Å². The fourth-order valence-electron chi connectivity index (χ4n) is 1.41. The molecule has 0 radical (unpaired) electrons. The summed E-state index contributed by atoms with van der Waals surface area (Å²) in [6.45, 7) is 5.62. The van der Waals surface area contributed by atoms with Crippen LogP contribution in [0.4, 0.5) is 5.69 Å². The SMILES string of the molecule is Cc1nc(C)n(-c2ccc(N)c(C)n2)n1. The molecule has 0 bridgehead atoms. The molecule has 2 aromatic rings. The van der Waals surface area contributed by atoms with E-state index in [0.717, 1.165) is 23.2 Å². The third kappa shape index (κ3) is 1.68. The van der Waals surface area contributed by atoms with Crippen LogP contribution in [0.25, 0.3) is 5.82 Å². The van der Waals surface area contributed by atoms with Crippen molar-refractivity contribution in [1.82, 2.24) is 19.7 Å². The first kappa shape index (κ1) is 9.64. The lowest BCUT2D eigenvalue weighted by Crippen LogP contribution is -2.04. The molecular formula is C10H13N5. The van der Waals surface area contributed by atoms with E-state index in [4.69, 9.17) is 5.73 Å². The van der Waals surface area contributed by atoms with Crippen molar-refractivity contribution >= 4 is 5.69 Å². The Balaban J connectivity index is 2.54. The summed E-state index contributed by atoms with van der Waals surface area (Å²) >= 11 is 0. The Morgan fingerprint density at radius 3 is 2.40 bits per heavy atom. The van der Waals surface area contributed by atoms with Crippen molar-refractivity contribution in [3.63, 3.8) is 0 Å². The molecule has 5 nitrogen and oxygen atoms in total. The number of nitrogen functional groups attached to an aromatic ring is 1. The van der Waals surface area contributed by atoms with Crippen molar-refractivity contribution in [2.75, 3.05) is 5.73 Å². The molecule has 0 amide bonds. The lowest BCUT2D eigenvalue weighted by molar-refractivity contribution is 0.800. The molecule has 0 saturated carbocycles. The summed E-state index contributed by atoms with van der Waals surface area (Å²) in [7, 11) is 0. The molecule has 0 aliphatic carbocycles. The van der Waals surface area contributed by atoms with Crippen LogP contribution in [0.2, 0.25) is 0 Å². The summed E-state index contributed by atoms with van der Waals surface area (Å²) < 4.78 is 1.71. The second-order valence-electron chi connectivity index (χ2n) is 3.46. The largest absolute Gasteiger partial charge is 0.397 e. The smallest absolute Gasteiger partial charge is 0.155 e. The predicted molar refractivity (Wildman–Crippen MR) is 57.8 cm³/mol. The Morgan fingerprint density at radius 2 is 1.87 bits per heavy atom. The van der Waals surface area contributed by atoms with Gasteiger partial charge in [0.1, 0.15) is 11.6 Å². The van der Waals surface area contributed by atoms with Gasteiger partial charge in [0.05, 0.1) is 11.4 Å². The molecule has 2 rings (SSSR count). The van der Waals surface area contributed by atoms with E-state index >= 15 is 0 Å². The van der Waals surface area contributed by atoms with Gasteiger partial charge in [0.25, 0.3) is 0 Å². The van der Waals surface area contributed by atoms with E-state index in [1.54, 1.807) is 4.68 Å². The molecule has 0 aliphatic rings. The van der Waals surface area contributed by atoms with Gasteiger partial charge in [-0.3, -0.25) is 0 Å². The standard InChI is InChI=1S/C10H13N5/c1-6-9(11)4-5-10(12-6)15-8(3)13-7(2)14-15/h4-5H,11H2,1-3H3. The zero-order valence-corrected chi connectivity index (χ0v) is 9.02. The molecule has 78 valence electrons. The van der Waals surface area contributed by atoms with Crippen LogP contribution >= 0.6 is 0 Å². The van der Waals surface area contributed by atoms with E-state index in [9.17, 15) is 0 Å². The fraction of sp³-hybridized carbons (Fsp3) is 0.300. The van der Waals surface area contributed by atoms with Gasteiger partial charge in [0.15, 0.2) is 5.82 Å². The molecule has 2 heterocycles. The second kappa shape index (κ2) is 3.34. The molecular weight excluding hydrogens is 190 g/mol. The molecule has 15 heavy (non-hydrogen) atoms. The van der Waals surface area contributed by atoms with Crippen LogP contribution in [0, 0.1) is 20.8 Å². The molecule has 2 N–H and O–H groups in total. The monoisotopic (exact) mass is 203 g/mol. The van der Waals surface area contributed by atoms with Crippen molar-refractivity contribution < 1.29 is 0 Å². The minimum Gasteiger partial charge on any atom is -0.397 e. The maximum atomic E-state index is 5.70. The second-order valence-corrected chi connectivity index (χ2v) is 3.46. The average Bonchev–Trinajstić information content (AvgIpc) is 2.50. The zero-order valence-electron chi connectivity index (χ0n) is 9.02. The van der Waals surface area contributed by atoms with Gasteiger partial charge < -0.3 is 5.73 Å². The Kier molecular flexibility index (Phi) is 2.15. The van der Waals surface area contributed by atoms with E-state index in [0.29, 0.717) is 5.69 Å². The minimum absolute atomic E-state index is 0.688. The summed E-state index contributed by atoms with van der Waals surface area (Å²) in [5.74, 6) is 2.31. The van der Waals surface area contributed by atoms with E-state index in [2.05, 4.69) is 15.1 Å². The third-order valence-electron chi connectivity index (χ3n) is 2.20. The summed E-state index contributed by atoms with van der Waals surface area (Å²) in [6.07, 6.45) is 0. The Hall–Kier alpha value is -1.91. The normalized spacial score (nSPS) is 10.6. The molecule has 5 heteroatoms. The number of rotatable bonds is 1. The Labute approximate surface area is 88.0 Å². The molecule has 0 spiro atoms. The number of anilines is 1. The van der Waals surface area contributed by atoms with Crippen molar-refractivity contribution in [2.45, 2.75) is 20.8 Å². The lowest BCUT2D eigenvalue weighted by Gasteiger charge is -2.04. The van der Waals surface area contributed by atoms with Crippen LogP contribution in [0.5, 0.6) is 0 Å². The number of hydrogen-bond acceptors (Lipinski definition) is 4. The number of hydrogen-bond donors (Lipinski definition) is 1. The number of pyridine rings is 1. The van der Waals surface area contributed by atoms with Gasteiger partial charge in [-0.05, 0) is 32.9 Å². The summed E-state index contributed by atoms with van der Waals surface area (Å²) in [5.41, 5.74) is 7.20. The van der Waals surface area contributed by atoms with Gasteiger partial charge in [0, 0.05) is 0 Å². The zero-order chi connectivity index (χ0) is 11.0. The Bertz CT molecular complexity index is 501. The number of nitrogens with two attached hydrogens (primary N) is 1. The highest BCUT2D eigenvalue weighted by atomic mass is 15.4. The van der Waals surface area contributed by atoms with Gasteiger partial charge >= 0.3 is 0 Å². The third-order valence-corrected chi connectivity index (χ3v) is 2.20. The van der Waals surface area contributed by atoms with Gasteiger partial charge in [0.2, 0.25) is 0 Å². The van der Waals surface area contributed by atoms with Crippen LogP contribution in [-0.2, 0) is 0 Å². The molecule has 0 aromatic carbocycles. The topological polar surface area (TPSA) is 69.6 Å². The van der Waals surface area contributed by atoms with Gasteiger partial charge in [-0.1, -0.05) is 0 Å². The molecule has 0 unspecified atom stereocenters. The number of aryl methyl sites for hydroxylation is 3. The van der Waals surface area contributed by atoms with Crippen molar-refractivity contribution in [3.05, 3.63) is 29.5 Å². The minimum atomic E-state index is 0.688. The highest BCUT2D eigenvalue weighted by Crippen LogP contribution is 2.12. The van der Waals surface area contributed by atoms with Crippen molar-refractivity contribution in [3.8, 4) is 5.82 Å². The van der Waals surface area contributed by atoms with E-state index in [1.807, 2.05) is 32.9 Å². The summed E-state index contributed by atoms with van der Waals surface area (Å²) in [4.78, 5) is 8.57. The average molecular weight is 203 g/mol. The van der Waals surface area contributed by atoms with E-state index < -0.39 is 0 Å². The van der Waals surface area contributed by atoms with Gasteiger partial charge in [-0.25, -0.2) is 9.97 Å². The lowest BCUT2D eigenvalue weighted by atomic mass is 10.3. The van der Waals surface area contributed by atoms with Gasteiger partial charge in [-0.2, -0.15) is 4.68 Å². The van der Waals surface area contributed by atoms with Gasteiger partial charge in [-0.15, -0.1) is 5.10 Å². The van der Waals surface area contributed by atoms with E-state index in [1.165, 1.54) is 0 Å². The predicted octanol–water partition coefficient (Wildman–Crippen LogP) is 1.17. The first-order valence-electron chi connectivity index (χ1n) is 4.71. The highest BCUT2D eigenvalue weighted by molar-refractivity contribution is 5.45. The van der Waals surface area contributed by atoms with Crippen LogP contribution < -0.4 is 5.73 Å². The van der Waals surface area contributed by atoms with Crippen molar-refractivity contribution in [2.24, 2.45) is 0 Å². The molecule has 0 saturated heterocycles. The molecule has 0 fully saturated rings. The molecule has 2 aromatic heterocycles. The molecule has 0 atom stereocenters. The summed E-state index contributed by atoms with van der Waals surface area (Å²) in [5, 5.41) is 4.25. The number of nitrogens with zero attached hydrogens (tertiary/aromatic N) is 4. The highest BCUT2D eigenvalue weighted by Gasteiger charge is 2.06. The van der Waals surface area contributed by atoms with Crippen LogP contribution in [0.3, 0.4) is 0 Å². The maximum absolute atomic E-state index is 5.70. The van der Waals surface area contributed by atoms with E-state index in [-0.39, 0.29) is 0 Å².